The van der Waals surface area contributed by atoms with Crippen molar-refractivity contribution in [1.29, 1.82) is 0 Å². The van der Waals surface area contributed by atoms with Crippen LogP contribution in [0.3, 0.4) is 0 Å². The number of aliphatic hydroxyl groups excluding tert-OH is 5. The van der Waals surface area contributed by atoms with Gasteiger partial charge in [-0.15, -0.1) is 0 Å². The van der Waals surface area contributed by atoms with Crippen molar-refractivity contribution in [1.82, 2.24) is 0 Å². The highest BCUT2D eigenvalue weighted by Gasteiger charge is 2.50. The van der Waals surface area contributed by atoms with Crippen LogP contribution in [0.2, 0.25) is 0 Å². The summed E-state index contributed by atoms with van der Waals surface area (Å²) < 4.78 is 11.4. The van der Waals surface area contributed by atoms with Crippen molar-refractivity contribution in [2.24, 2.45) is 23.7 Å². The maximum atomic E-state index is 11.2. The van der Waals surface area contributed by atoms with Crippen LogP contribution in [0, 0.1) is 23.7 Å². The van der Waals surface area contributed by atoms with Gasteiger partial charge in [-0.2, -0.15) is 0 Å². The first-order valence-electron chi connectivity index (χ1n) is 13.5. The Hall–Kier alpha value is -1.10. The number of rotatable bonds is 14. The van der Waals surface area contributed by atoms with Crippen LogP contribution in [0.25, 0.3) is 0 Å². The molecule has 0 bridgehead atoms. The van der Waals surface area contributed by atoms with Crippen LogP contribution in [0.4, 0.5) is 0 Å². The molecule has 1 rings (SSSR count). The normalized spacial score (nSPS) is 32.2. The first-order chi connectivity index (χ1) is 17.2. The van der Waals surface area contributed by atoms with Crippen molar-refractivity contribution in [3.8, 4) is 0 Å². The summed E-state index contributed by atoms with van der Waals surface area (Å²) in [6, 6.07) is 0. The molecule has 0 radical (unpaired) electrons. The largest absolute Gasteiger partial charge is 0.393 e. The summed E-state index contributed by atoms with van der Waals surface area (Å²) in [4.78, 5) is 0. The first-order valence-corrected chi connectivity index (χ1v) is 13.5. The van der Waals surface area contributed by atoms with Crippen LogP contribution in [0.1, 0.15) is 67.7 Å². The van der Waals surface area contributed by atoms with E-state index in [1.54, 1.807) is 45.1 Å². The Morgan fingerprint density at radius 3 is 2.27 bits per heavy atom. The van der Waals surface area contributed by atoms with E-state index < -0.39 is 60.4 Å². The van der Waals surface area contributed by atoms with Gasteiger partial charge < -0.3 is 40.1 Å². The molecule has 0 aromatic heterocycles. The lowest BCUT2D eigenvalue weighted by molar-refractivity contribution is -0.313. The molecule has 1 aliphatic rings. The van der Waals surface area contributed by atoms with E-state index in [1.165, 1.54) is 7.11 Å². The molecule has 1 aliphatic heterocycles. The third-order valence-corrected chi connectivity index (χ3v) is 7.82. The van der Waals surface area contributed by atoms with Crippen molar-refractivity contribution in [2.45, 2.75) is 116 Å². The van der Waals surface area contributed by atoms with Crippen LogP contribution < -0.4 is 0 Å². The Bertz CT molecular complexity index is 750. The molecule has 0 saturated carbocycles. The van der Waals surface area contributed by atoms with E-state index in [4.69, 9.17) is 9.47 Å². The summed E-state index contributed by atoms with van der Waals surface area (Å²) in [6.07, 6.45) is 4.56. The number of methoxy groups -OCH3 is 1. The average Bonchev–Trinajstić information content (AvgIpc) is 2.82. The van der Waals surface area contributed by atoms with Gasteiger partial charge in [-0.1, -0.05) is 63.6 Å². The SMILES string of the molecule is C/C=C/[C@H]1O[C@@](O)([C@@H](C)[C@H](O)[C@H](C)[C@@H](O)[C@H](/C=C/C=C(\C)C[C@@H](C)[C@H](O)C[C@@H](C)O)OC)C[C@@H](O)[C@@H]1C. The fraction of sp³-hybridized carbons (Fsp3) is 0.793. The van der Waals surface area contributed by atoms with Gasteiger partial charge in [-0.3, -0.25) is 0 Å². The smallest absolute Gasteiger partial charge is 0.173 e. The van der Waals surface area contributed by atoms with E-state index in [0.29, 0.717) is 12.8 Å². The van der Waals surface area contributed by atoms with Crippen molar-refractivity contribution in [2.75, 3.05) is 7.11 Å². The van der Waals surface area contributed by atoms with Crippen molar-refractivity contribution in [3.63, 3.8) is 0 Å². The molecule has 0 aromatic rings. The Morgan fingerprint density at radius 1 is 1.11 bits per heavy atom. The van der Waals surface area contributed by atoms with Crippen LogP contribution >= 0.6 is 0 Å². The van der Waals surface area contributed by atoms with Gasteiger partial charge in [-0.05, 0) is 39.5 Å². The van der Waals surface area contributed by atoms with Gasteiger partial charge in [0, 0.05) is 31.3 Å². The maximum absolute atomic E-state index is 11.2. The van der Waals surface area contributed by atoms with Crippen LogP contribution in [0.15, 0.2) is 36.0 Å². The molecule has 12 atom stereocenters. The number of aliphatic hydroxyl groups is 6. The lowest BCUT2D eigenvalue weighted by atomic mass is 9.77. The summed E-state index contributed by atoms with van der Waals surface area (Å²) in [5, 5.41) is 63.5. The molecular weight excluding hydrogens is 476 g/mol. The summed E-state index contributed by atoms with van der Waals surface area (Å²) >= 11 is 0. The van der Waals surface area contributed by atoms with Gasteiger partial charge in [0.25, 0.3) is 0 Å². The molecule has 0 amide bonds. The van der Waals surface area contributed by atoms with Crippen molar-refractivity contribution >= 4 is 0 Å². The zero-order valence-electron chi connectivity index (χ0n) is 23.9. The Morgan fingerprint density at radius 2 is 1.73 bits per heavy atom. The monoisotopic (exact) mass is 528 g/mol. The van der Waals surface area contributed by atoms with E-state index in [1.807, 2.05) is 33.8 Å². The minimum absolute atomic E-state index is 0.0125. The van der Waals surface area contributed by atoms with Gasteiger partial charge in [0.1, 0.15) is 6.10 Å². The van der Waals surface area contributed by atoms with E-state index in [-0.39, 0.29) is 18.3 Å². The Labute approximate surface area is 223 Å². The molecule has 6 N–H and O–H groups in total. The van der Waals surface area contributed by atoms with Gasteiger partial charge in [0.05, 0.1) is 36.6 Å². The molecule has 0 spiro atoms. The first kappa shape index (κ1) is 33.9. The van der Waals surface area contributed by atoms with Gasteiger partial charge in [0.2, 0.25) is 0 Å². The molecule has 1 fully saturated rings. The van der Waals surface area contributed by atoms with Crippen LogP contribution in [-0.4, -0.2) is 86.3 Å². The molecule has 8 heteroatoms. The molecule has 216 valence electrons. The van der Waals surface area contributed by atoms with E-state index in [0.717, 1.165) is 5.57 Å². The van der Waals surface area contributed by atoms with Crippen molar-refractivity contribution in [3.05, 3.63) is 36.0 Å². The highest BCUT2D eigenvalue weighted by Crippen LogP contribution is 2.39. The molecule has 1 heterocycles. The zero-order valence-corrected chi connectivity index (χ0v) is 23.9. The number of hydrogen-bond donors (Lipinski definition) is 6. The topological polar surface area (TPSA) is 140 Å². The molecular formula is C29H52O8. The third kappa shape index (κ3) is 9.86. The number of ether oxygens (including phenoxy) is 2. The Kier molecular flexibility index (Phi) is 14.2. The fourth-order valence-corrected chi connectivity index (χ4v) is 4.97. The maximum Gasteiger partial charge on any atom is 0.173 e. The molecule has 1 saturated heterocycles. The molecule has 37 heavy (non-hydrogen) atoms. The summed E-state index contributed by atoms with van der Waals surface area (Å²) in [6.45, 7) is 12.6. The van der Waals surface area contributed by atoms with Crippen LogP contribution in [0.5, 0.6) is 0 Å². The lowest BCUT2D eigenvalue weighted by Crippen LogP contribution is -2.57. The van der Waals surface area contributed by atoms with Crippen molar-refractivity contribution < 1.29 is 40.1 Å². The van der Waals surface area contributed by atoms with E-state index in [9.17, 15) is 30.6 Å². The van der Waals surface area contributed by atoms with Gasteiger partial charge >= 0.3 is 0 Å². The molecule has 0 unspecified atom stereocenters. The van der Waals surface area contributed by atoms with Gasteiger partial charge in [0.15, 0.2) is 5.79 Å². The van der Waals surface area contributed by atoms with Crippen LogP contribution in [-0.2, 0) is 9.47 Å². The van der Waals surface area contributed by atoms with Gasteiger partial charge in [-0.25, -0.2) is 0 Å². The highest BCUT2D eigenvalue weighted by molar-refractivity contribution is 5.13. The summed E-state index contributed by atoms with van der Waals surface area (Å²) in [5.74, 6) is -3.43. The molecule has 0 aliphatic carbocycles. The molecule has 0 aromatic carbocycles. The predicted octanol–water partition coefficient (Wildman–Crippen LogP) is 2.71. The third-order valence-electron chi connectivity index (χ3n) is 7.82. The minimum atomic E-state index is -1.75. The minimum Gasteiger partial charge on any atom is -0.393 e. The second kappa shape index (κ2) is 15.5. The predicted molar refractivity (Wildman–Crippen MR) is 145 cm³/mol. The lowest BCUT2D eigenvalue weighted by Gasteiger charge is -2.47. The summed E-state index contributed by atoms with van der Waals surface area (Å²) in [7, 11) is 1.48. The standard InChI is InChI=1S/C29H52O8/c1-9-11-25-20(5)24(32)16-29(35,37-25)22(7)27(33)21(6)28(34)26(36-8)13-10-12-17(2)14-18(3)23(31)15-19(4)30/h9-13,18-28,30-35H,14-16H2,1-8H3/b11-9+,13-10+,17-12+/t18-,19-,20+,21+,22+,23-,24-,25-,26+,27-,28-,29-/m1/s1. The summed E-state index contributed by atoms with van der Waals surface area (Å²) in [5.41, 5.74) is 1.03. The second-order valence-electron chi connectivity index (χ2n) is 11.1. The Balaban J connectivity index is 2.86. The average molecular weight is 529 g/mol. The fourth-order valence-electron chi connectivity index (χ4n) is 4.97. The zero-order chi connectivity index (χ0) is 28.5. The second-order valence-corrected chi connectivity index (χ2v) is 11.1. The molecule has 8 nitrogen and oxygen atoms in total. The number of hydrogen-bond acceptors (Lipinski definition) is 8. The van der Waals surface area contributed by atoms with E-state index >= 15 is 0 Å². The number of allylic oxidation sites excluding steroid dienone is 4. The quantitative estimate of drug-likeness (QED) is 0.149. The highest BCUT2D eigenvalue weighted by atomic mass is 16.6. The van der Waals surface area contributed by atoms with E-state index in [2.05, 4.69) is 0 Å².